The number of aromatic amines is 2. The Hall–Kier alpha value is -7.10. The van der Waals surface area contributed by atoms with E-state index >= 15 is 0 Å². The number of carbonyl (C=O) groups is 4. The fourth-order valence-corrected chi connectivity index (χ4v) is 9.90. The van der Waals surface area contributed by atoms with Crippen molar-refractivity contribution in [2.75, 3.05) is 27.3 Å². The Balaban J connectivity index is 0.998. The highest BCUT2D eigenvalue weighted by Gasteiger charge is 2.40. The number of amides is 4. The van der Waals surface area contributed by atoms with Crippen LogP contribution in [0.15, 0.2) is 85.2 Å². The standard InChI is InChI=1S/C51H59N9O7/c1-7-29(3)43(56-50(63)65-5)47(61)58-22-12-16-39(58)45-52-27-36(54-45)32-19-21-38-34(24-32)25-41-35-20-18-33(26-42(35)67-49(60(38)41)31-14-10-9-11-15-31)37-28-53-46(55-37)40-17-13-23-59(40)48(62)44(30(4)8-2)57-51(64)66-6/h9-11,14-15,18-21,24-30,39-40,43-44,49H,7-8,12-13,16-17,22-23H2,1-6H3,(H,52,54)(H,53,55)(H,56,63)(H,57,64)/t29-,30-,39-,40-,43-,44-,49-/m0/s1. The predicted molar refractivity (Wildman–Crippen MR) is 253 cm³/mol. The van der Waals surface area contributed by atoms with Gasteiger partial charge in [0.15, 0.2) is 0 Å². The van der Waals surface area contributed by atoms with Gasteiger partial charge >= 0.3 is 12.2 Å². The van der Waals surface area contributed by atoms with Crippen LogP contribution in [0.25, 0.3) is 44.7 Å². The molecule has 3 aliphatic heterocycles. The molecule has 0 bridgehead atoms. The van der Waals surface area contributed by atoms with Gasteiger partial charge in [-0.25, -0.2) is 19.6 Å². The lowest BCUT2D eigenvalue weighted by Crippen LogP contribution is -2.51. The van der Waals surface area contributed by atoms with Crippen molar-refractivity contribution in [3.63, 3.8) is 0 Å². The zero-order valence-corrected chi connectivity index (χ0v) is 38.9. The Morgan fingerprint density at radius 3 is 1.81 bits per heavy atom. The number of benzene rings is 3. The number of aromatic nitrogens is 5. The van der Waals surface area contributed by atoms with Gasteiger partial charge in [-0.2, -0.15) is 0 Å². The van der Waals surface area contributed by atoms with E-state index in [4.69, 9.17) is 24.2 Å². The first kappa shape index (κ1) is 45.1. The largest absolute Gasteiger partial charge is 0.465 e. The molecule has 3 aromatic carbocycles. The maximum Gasteiger partial charge on any atom is 0.407 e. The van der Waals surface area contributed by atoms with E-state index in [1.165, 1.54) is 14.2 Å². The summed E-state index contributed by atoms with van der Waals surface area (Å²) in [7, 11) is 2.60. The lowest BCUT2D eigenvalue weighted by molar-refractivity contribution is -0.136. The summed E-state index contributed by atoms with van der Waals surface area (Å²) in [5.74, 6) is 1.70. The zero-order chi connectivity index (χ0) is 46.9. The van der Waals surface area contributed by atoms with Crippen LogP contribution in [0, 0.1) is 11.8 Å². The van der Waals surface area contributed by atoms with Gasteiger partial charge in [-0.1, -0.05) is 83.0 Å². The van der Waals surface area contributed by atoms with E-state index in [0.29, 0.717) is 31.2 Å². The summed E-state index contributed by atoms with van der Waals surface area (Å²) in [4.78, 5) is 72.7. The second-order valence-corrected chi connectivity index (χ2v) is 18.0. The molecule has 3 aliphatic rings. The number of fused-ring (bicyclic) bond motifs is 5. The third-order valence-corrected chi connectivity index (χ3v) is 14.0. The number of nitrogens with one attached hydrogen (secondary N) is 4. The van der Waals surface area contributed by atoms with Crippen LogP contribution in [-0.4, -0.2) is 97.7 Å². The Morgan fingerprint density at radius 2 is 1.27 bits per heavy atom. The van der Waals surface area contributed by atoms with Crippen LogP contribution >= 0.6 is 0 Å². The van der Waals surface area contributed by atoms with Crippen molar-refractivity contribution >= 4 is 34.9 Å². The number of ether oxygens (including phenoxy) is 3. The van der Waals surface area contributed by atoms with Crippen LogP contribution < -0.4 is 15.4 Å². The Morgan fingerprint density at radius 1 is 0.731 bits per heavy atom. The van der Waals surface area contributed by atoms with E-state index < -0.39 is 30.5 Å². The summed E-state index contributed by atoms with van der Waals surface area (Å²) >= 11 is 0. The highest BCUT2D eigenvalue weighted by Crippen LogP contribution is 2.46. The molecule has 2 fully saturated rings. The molecule has 350 valence electrons. The Kier molecular flexibility index (Phi) is 12.8. The summed E-state index contributed by atoms with van der Waals surface area (Å²) in [5, 5.41) is 6.57. The number of carbonyl (C=O) groups excluding carboxylic acids is 4. The Labute approximate surface area is 389 Å². The lowest BCUT2D eigenvalue weighted by Gasteiger charge is -2.31. The fraction of sp³-hybridized carbons (Fsp3) is 0.412. The first-order valence-corrected chi connectivity index (χ1v) is 23.4. The summed E-state index contributed by atoms with van der Waals surface area (Å²) in [6, 6.07) is 23.0. The van der Waals surface area contributed by atoms with E-state index in [-0.39, 0.29) is 35.7 Å². The minimum Gasteiger partial charge on any atom is -0.465 e. The van der Waals surface area contributed by atoms with Crippen LogP contribution in [0.3, 0.4) is 0 Å². The topological polar surface area (TPSA) is 189 Å². The van der Waals surface area contributed by atoms with Crippen LogP contribution in [0.2, 0.25) is 0 Å². The van der Waals surface area contributed by atoms with Crippen molar-refractivity contribution in [3.8, 4) is 39.5 Å². The van der Waals surface area contributed by atoms with E-state index in [0.717, 1.165) is 88.1 Å². The van der Waals surface area contributed by atoms with Gasteiger partial charge in [-0.05, 0) is 67.9 Å². The molecular formula is C51H59N9O7. The molecule has 7 atom stereocenters. The van der Waals surface area contributed by atoms with Gasteiger partial charge in [0.1, 0.15) is 29.5 Å². The number of nitrogens with zero attached hydrogens (tertiary/aromatic N) is 5. The summed E-state index contributed by atoms with van der Waals surface area (Å²) in [5.41, 5.74) is 7.45. The second kappa shape index (κ2) is 19.0. The highest BCUT2D eigenvalue weighted by atomic mass is 16.5. The van der Waals surface area contributed by atoms with Gasteiger partial charge in [0, 0.05) is 40.7 Å². The summed E-state index contributed by atoms with van der Waals surface area (Å²) in [6.45, 7) is 9.06. The molecule has 4 amide bonds. The molecule has 0 saturated carbocycles. The van der Waals surface area contributed by atoms with Crippen molar-refractivity contribution in [1.29, 1.82) is 0 Å². The third kappa shape index (κ3) is 8.60. The van der Waals surface area contributed by atoms with Gasteiger partial charge in [-0.3, -0.25) is 9.59 Å². The number of rotatable bonds is 13. The van der Waals surface area contributed by atoms with Gasteiger partial charge in [0.25, 0.3) is 0 Å². The average Bonchev–Trinajstić information content (AvgIpc) is 4.23. The highest BCUT2D eigenvalue weighted by molar-refractivity contribution is 5.93. The van der Waals surface area contributed by atoms with Gasteiger partial charge in [0.05, 0.1) is 61.3 Å². The van der Waals surface area contributed by atoms with E-state index in [9.17, 15) is 19.2 Å². The molecule has 0 unspecified atom stereocenters. The lowest BCUT2D eigenvalue weighted by atomic mass is 9.97. The van der Waals surface area contributed by atoms with Gasteiger partial charge < -0.3 is 49.2 Å². The number of methoxy groups -OCH3 is 2. The van der Waals surface area contributed by atoms with Crippen LogP contribution in [0.4, 0.5) is 9.59 Å². The van der Waals surface area contributed by atoms with E-state index in [1.807, 2.05) is 74.2 Å². The molecule has 4 N–H and O–H groups in total. The van der Waals surface area contributed by atoms with Crippen LogP contribution in [0.1, 0.15) is 102 Å². The molecular weight excluding hydrogens is 851 g/mol. The Bertz CT molecular complexity index is 2780. The summed E-state index contributed by atoms with van der Waals surface area (Å²) in [6.07, 6.45) is 6.53. The SMILES string of the molecule is CC[C@H](C)[C@H](NC(=O)OC)C(=O)N1CCC[C@H]1c1ncc(-c2ccc3c(c2)O[C@@H](c2ccccc2)n2c-3cc3cc(-c4cnc([C@@H]5CCCN5C(=O)[C@@H](NC(=O)OC)[C@@H](C)CC)[nH]4)ccc32)[nH]1. The first-order chi connectivity index (χ1) is 32.5. The molecule has 67 heavy (non-hydrogen) atoms. The first-order valence-electron chi connectivity index (χ1n) is 23.4. The van der Waals surface area contributed by atoms with Gasteiger partial charge in [0.2, 0.25) is 18.0 Å². The molecule has 6 heterocycles. The zero-order valence-electron chi connectivity index (χ0n) is 38.9. The molecule has 0 radical (unpaired) electrons. The maximum absolute atomic E-state index is 13.9. The molecule has 2 saturated heterocycles. The van der Waals surface area contributed by atoms with Crippen molar-refractivity contribution in [2.45, 2.75) is 96.6 Å². The number of hydrogen-bond acceptors (Lipinski definition) is 9. The van der Waals surface area contributed by atoms with E-state index in [1.54, 1.807) is 0 Å². The normalized spacial score (nSPS) is 19.5. The number of hydrogen-bond donors (Lipinski definition) is 4. The van der Waals surface area contributed by atoms with Crippen molar-refractivity contribution < 1.29 is 33.4 Å². The van der Waals surface area contributed by atoms with Crippen molar-refractivity contribution in [1.82, 2.24) is 44.9 Å². The fourth-order valence-electron chi connectivity index (χ4n) is 9.90. The molecule has 3 aromatic heterocycles. The number of likely N-dealkylation sites (tertiary alicyclic amines) is 2. The second-order valence-electron chi connectivity index (χ2n) is 18.0. The van der Waals surface area contributed by atoms with E-state index in [2.05, 4.69) is 73.7 Å². The number of imidazole rings is 2. The minimum absolute atomic E-state index is 0.0770. The number of alkyl carbamates (subject to hydrolysis) is 2. The van der Waals surface area contributed by atoms with Gasteiger partial charge in [-0.15, -0.1) is 0 Å². The number of H-pyrrole nitrogens is 2. The molecule has 0 aliphatic carbocycles. The molecule has 0 spiro atoms. The summed E-state index contributed by atoms with van der Waals surface area (Å²) < 4.78 is 18.9. The monoisotopic (exact) mass is 909 g/mol. The molecule has 9 rings (SSSR count). The maximum atomic E-state index is 13.9. The minimum atomic E-state index is -0.706. The predicted octanol–water partition coefficient (Wildman–Crippen LogP) is 8.90. The van der Waals surface area contributed by atoms with Crippen molar-refractivity contribution in [3.05, 3.63) is 102 Å². The smallest absolute Gasteiger partial charge is 0.407 e. The molecule has 16 heteroatoms. The molecule has 6 aromatic rings. The van der Waals surface area contributed by atoms with Crippen LogP contribution in [0.5, 0.6) is 5.75 Å². The molecule has 16 nitrogen and oxygen atoms in total. The van der Waals surface area contributed by atoms with Crippen LogP contribution in [-0.2, 0) is 19.1 Å². The quantitative estimate of drug-likeness (QED) is 0.0877. The van der Waals surface area contributed by atoms with Crippen molar-refractivity contribution in [2.24, 2.45) is 11.8 Å². The third-order valence-electron chi connectivity index (χ3n) is 14.0. The average molecular weight is 910 g/mol.